The van der Waals surface area contributed by atoms with Gasteiger partial charge in [-0.05, 0) is 12.1 Å². The maximum absolute atomic E-state index is 11.5. The van der Waals surface area contributed by atoms with E-state index in [1.165, 1.54) is 12.0 Å². The lowest BCUT2D eigenvalue weighted by Crippen LogP contribution is -2.53. The summed E-state index contributed by atoms with van der Waals surface area (Å²) in [5.74, 6) is -0.779. The number of hydrogen-bond acceptors (Lipinski definition) is 5. The van der Waals surface area contributed by atoms with E-state index in [0.717, 1.165) is 17.3 Å². The number of thiocarbonyl (C=S) groups is 1. The fourth-order valence-corrected chi connectivity index (χ4v) is 3.76. The average molecular weight is 324 g/mol. The Hall–Kier alpha value is -1.77. The van der Waals surface area contributed by atoms with E-state index in [1.807, 2.05) is 12.1 Å². The molecule has 1 aliphatic rings. The van der Waals surface area contributed by atoms with E-state index in [1.54, 1.807) is 12.3 Å². The summed E-state index contributed by atoms with van der Waals surface area (Å²) >= 11 is 6.34. The minimum absolute atomic E-state index is 0.0248. The predicted molar refractivity (Wildman–Crippen MR) is 85.0 cm³/mol. The van der Waals surface area contributed by atoms with Crippen molar-refractivity contribution in [3.63, 3.8) is 0 Å². The standard InChI is InChI=1S/C13H12N2O4S2/c1-19-9-4-2-3-7-10(9)8(5-14-7)15-12(20)21-6-13(15,18)11(16)17/h2-5,14,18H,6H2,1H3,(H,16,17)/t13-/m0/s1. The summed E-state index contributed by atoms with van der Waals surface area (Å²) in [7, 11) is 1.53. The molecular formula is C13H12N2O4S2. The third-order valence-corrected chi connectivity index (χ3v) is 4.91. The minimum Gasteiger partial charge on any atom is -0.496 e. The number of aliphatic hydroxyl groups is 1. The van der Waals surface area contributed by atoms with E-state index in [4.69, 9.17) is 17.0 Å². The maximum atomic E-state index is 11.5. The monoisotopic (exact) mass is 324 g/mol. The number of carboxylic acid groups (broad SMARTS) is 1. The number of aromatic amines is 1. The second kappa shape index (κ2) is 4.90. The second-order valence-electron chi connectivity index (χ2n) is 4.57. The Morgan fingerprint density at radius 3 is 3.00 bits per heavy atom. The number of fused-ring (bicyclic) bond motifs is 1. The highest BCUT2D eigenvalue weighted by molar-refractivity contribution is 8.23. The van der Waals surface area contributed by atoms with Gasteiger partial charge in [-0.3, -0.25) is 4.90 Å². The van der Waals surface area contributed by atoms with Crippen LogP contribution in [0.4, 0.5) is 5.69 Å². The first-order valence-corrected chi connectivity index (χ1v) is 7.45. The van der Waals surface area contributed by atoms with Crippen LogP contribution < -0.4 is 9.64 Å². The first kappa shape index (κ1) is 14.2. The molecule has 0 amide bonds. The van der Waals surface area contributed by atoms with Gasteiger partial charge in [0.1, 0.15) is 10.1 Å². The summed E-state index contributed by atoms with van der Waals surface area (Å²) in [5, 5.41) is 20.5. The molecular weight excluding hydrogens is 312 g/mol. The summed E-state index contributed by atoms with van der Waals surface area (Å²) in [4.78, 5) is 15.8. The number of aliphatic carboxylic acids is 1. The van der Waals surface area contributed by atoms with Crippen molar-refractivity contribution in [2.24, 2.45) is 0 Å². The molecule has 8 heteroatoms. The number of carboxylic acids is 1. The summed E-state index contributed by atoms with van der Waals surface area (Å²) in [6.07, 6.45) is 1.62. The number of H-pyrrole nitrogens is 1. The Labute approximate surface area is 129 Å². The van der Waals surface area contributed by atoms with E-state index in [-0.39, 0.29) is 5.75 Å². The van der Waals surface area contributed by atoms with Crippen LogP contribution in [0.5, 0.6) is 5.75 Å². The highest BCUT2D eigenvalue weighted by Gasteiger charge is 2.51. The van der Waals surface area contributed by atoms with Gasteiger partial charge in [-0.2, -0.15) is 0 Å². The Morgan fingerprint density at radius 1 is 1.57 bits per heavy atom. The van der Waals surface area contributed by atoms with Crippen molar-refractivity contribution in [1.29, 1.82) is 0 Å². The van der Waals surface area contributed by atoms with Crippen molar-refractivity contribution in [2.75, 3.05) is 17.8 Å². The van der Waals surface area contributed by atoms with Crippen molar-refractivity contribution >= 4 is 50.9 Å². The molecule has 2 aromatic rings. The number of methoxy groups -OCH3 is 1. The van der Waals surface area contributed by atoms with Gasteiger partial charge in [0.2, 0.25) is 0 Å². The van der Waals surface area contributed by atoms with Crippen molar-refractivity contribution in [3.05, 3.63) is 24.4 Å². The molecule has 0 spiro atoms. The van der Waals surface area contributed by atoms with E-state index >= 15 is 0 Å². The zero-order valence-corrected chi connectivity index (χ0v) is 12.6. The van der Waals surface area contributed by atoms with Crippen LogP contribution in [0.2, 0.25) is 0 Å². The molecule has 0 bridgehead atoms. The molecule has 3 N–H and O–H groups in total. The molecule has 1 aliphatic heterocycles. The van der Waals surface area contributed by atoms with Crippen molar-refractivity contribution in [3.8, 4) is 5.75 Å². The van der Waals surface area contributed by atoms with Crippen LogP contribution in [-0.2, 0) is 4.79 Å². The number of thioether (sulfide) groups is 1. The lowest BCUT2D eigenvalue weighted by Gasteiger charge is -2.29. The highest BCUT2D eigenvalue weighted by atomic mass is 32.2. The van der Waals surface area contributed by atoms with Crippen molar-refractivity contribution in [2.45, 2.75) is 5.72 Å². The van der Waals surface area contributed by atoms with Crippen molar-refractivity contribution in [1.82, 2.24) is 4.98 Å². The molecule has 6 nitrogen and oxygen atoms in total. The zero-order chi connectivity index (χ0) is 15.2. The van der Waals surface area contributed by atoms with Crippen LogP contribution in [-0.4, -0.2) is 44.1 Å². The van der Waals surface area contributed by atoms with E-state index < -0.39 is 11.7 Å². The second-order valence-corrected chi connectivity index (χ2v) is 6.18. The van der Waals surface area contributed by atoms with Gasteiger partial charge in [-0.25, -0.2) is 4.79 Å². The topological polar surface area (TPSA) is 85.8 Å². The molecule has 1 aromatic heterocycles. The number of nitrogens with zero attached hydrogens (tertiary/aromatic N) is 1. The van der Waals surface area contributed by atoms with Crippen LogP contribution in [0, 0.1) is 0 Å². The quantitative estimate of drug-likeness (QED) is 0.742. The van der Waals surface area contributed by atoms with Gasteiger partial charge in [0.25, 0.3) is 5.72 Å². The first-order chi connectivity index (χ1) is 9.99. The lowest BCUT2D eigenvalue weighted by atomic mass is 10.1. The zero-order valence-electron chi connectivity index (χ0n) is 11.0. The number of anilines is 1. The molecule has 1 saturated heterocycles. The molecule has 1 fully saturated rings. The number of nitrogens with one attached hydrogen (secondary N) is 1. The molecule has 0 aliphatic carbocycles. The van der Waals surface area contributed by atoms with Gasteiger partial charge in [0.05, 0.1) is 29.5 Å². The minimum atomic E-state index is -2.06. The molecule has 1 aromatic carbocycles. The van der Waals surface area contributed by atoms with Gasteiger partial charge >= 0.3 is 5.97 Å². The summed E-state index contributed by atoms with van der Waals surface area (Å²) in [6.45, 7) is 0. The Morgan fingerprint density at radius 2 is 2.33 bits per heavy atom. The van der Waals surface area contributed by atoms with Gasteiger partial charge in [0, 0.05) is 6.20 Å². The number of ether oxygens (including phenoxy) is 1. The fourth-order valence-electron chi connectivity index (χ4n) is 2.38. The average Bonchev–Trinajstić information content (AvgIpc) is 3.01. The van der Waals surface area contributed by atoms with Gasteiger partial charge < -0.3 is 19.9 Å². The Balaban J connectivity index is 2.24. The lowest BCUT2D eigenvalue weighted by molar-refractivity contribution is -0.154. The maximum Gasteiger partial charge on any atom is 0.358 e. The number of rotatable bonds is 3. The van der Waals surface area contributed by atoms with Gasteiger partial charge in [0.15, 0.2) is 0 Å². The van der Waals surface area contributed by atoms with Crippen LogP contribution in [0.1, 0.15) is 0 Å². The molecule has 0 saturated carbocycles. The molecule has 3 rings (SSSR count). The van der Waals surface area contributed by atoms with E-state index in [2.05, 4.69) is 4.98 Å². The normalized spacial score (nSPS) is 22.0. The molecule has 1 atom stereocenters. The van der Waals surface area contributed by atoms with Gasteiger partial charge in [-0.1, -0.05) is 30.0 Å². The van der Waals surface area contributed by atoms with Crippen LogP contribution in [0.3, 0.4) is 0 Å². The van der Waals surface area contributed by atoms with Crippen LogP contribution >= 0.6 is 24.0 Å². The molecule has 110 valence electrons. The molecule has 2 heterocycles. The van der Waals surface area contributed by atoms with Gasteiger partial charge in [-0.15, -0.1) is 0 Å². The Kier molecular flexibility index (Phi) is 3.31. The van der Waals surface area contributed by atoms with Crippen LogP contribution in [0.25, 0.3) is 10.9 Å². The molecule has 21 heavy (non-hydrogen) atoms. The van der Waals surface area contributed by atoms with E-state index in [9.17, 15) is 15.0 Å². The predicted octanol–water partition coefficient (Wildman–Crippen LogP) is 1.79. The summed E-state index contributed by atoms with van der Waals surface area (Å²) in [6, 6.07) is 5.43. The van der Waals surface area contributed by atoms with E-state index in [0.29, 0.717) is 21.1 Å². The fraction of sp³-hybridized carbons (Fsp3) is 0.231. The number of aromatic nitrogens is 1. The first-order valence-electron chi connectivity index (χ1n) is 6.06. The SMILES string of the molecule is COc1cccc2[nH]cc(N3C(=S)SC[C@]3(O)C(=O)O)c12. The largest absolute Gasteiger partial charge is 0.496 e. The summed E-state index contributed by atoms with van der Waals surface area (Å²) < 4.78 is 5.64. The smallest absolute Gasteiger partial charge is 0.358 e. The summed E-state index contributed by atoms with van der Waals surface area (Å²) in [5.41, 5.74) is -0.795. The number of carbonyl (C=O) groups is 1. The Bertz CT molecular complexity index is 745. The molecule has 0 radical (unpaired) electrons. The third kappa shape index (κ3) is 1.98. The van der Waals surface area contributed by atoms with Crippen molar-refractivity contribution < 1.29 is 19.7 Å². The number of benzene rings is 1. The molecule has 0 unspecified atom stereocenters. The highest BCUT2D eigenvalue weighted by Crippen LogP contribution is 2.42. The third-order valence-electron chi connectivity index (χ3n) is 3.40. The number of hydrogen-bond donors (Lipinski definition) is 3. The van der Waals surface area contributed by atoms with Crippen LogP contribution in [0.15, 0.2) is 24.4 Å².